The van der Waals surface area contributed by atoms with E-state index in [1.54, 1.807) is 11.9 Å². The number of aromatic nitrogens is 2. The van der Waals surface area contributed by atoms with Crippen LogP contribution < -0.4 is 0 Å². The third kappa shape index (κ3) is 2.36. The first-order valence-corrected chi connectivity index (χ1v) is 5.59. The average Bonchev–Trinajstić information content (AvgIpc) is 2.71. The number of hydrogen-bond acceptors (Lipinski definition) is 4. The highest BCUT2D eigenvalue weighted by atomic mass is 16.2. The molecular weight excluding hydrogens is 220 g/mol. The number of aldehydes is 1. The molecule has 2 rings (SSSR count). The zero-order valence-corrected chi connectivity index (χ0v) is 10.1. The van der Waals surface area contributed by atoms with Crippen molar-refractivity contribution in [3.05, 3.63) is 17.5 Å². The first-order chi connectivity index (χ1) is 8.11. The van der Waals surface area contributed by atoms with Crippen LogP contribution in [-0.2, 0) is 7.05 Å². The molecule has 6 heteroatoms. The molecule has 0 spiro atoms. The lowest BCUT2D eigenvalue weighted by Gasteiger charge is -2.32. The van der Waals surface area contributed by atoms with Crippen molar-refractivity contribution in [1.82, 2.24) is 19.6 Å². The molecular formula is C11H16N4O2. The van der Waals surface area contributed by atoms with Crippen molar-refractivity contribution in [2.75, 3.05) is 33.2 Å². The number of amides is 1. The highest BCUT2D eigenvalue weighted by Gasteiger charge is 2.23. The largest absolute Gasteiger partial charge is 0.335 e. The molecule has 0 atom stereocenters. The van der Waals surface area contributed by atoms with E-state index >= 15 is 0 Å². The molecule has 17 heavy (non-hydrogen) atoms. The number of piperazine rings is 1. The molecule has 6 nitrogen and oxygen atoms in total. The van der Waals surface area contributed by atoms with Crippen LogP contribution in [0.15, 0.2) is 6.07 Å². The van der Waals surface area contributed by atoms with Gasteiger partial charge in [-0.05, 0) is 13.1 Å². The van der Waals surface area contributed by atoms with Gasteiger partial charge in [-0.3, -0.25) is 14.3 Å². The van der Waals surface area contributed by atoms with E-state index in [1.165, 1.54) is 10.7 Å². The van der Waals surface area contributed by atoms with Gasteiger partial charge in [0.25, 0.3) is 5.91 Å². The van der Waals surface area contributed by atoms with Crippen molar-refractivity contribution in [2.24, 2.45) is 7.05 Å². The molecule has 1 amide bonds. The van der Waals surface area contributed by atoms with Crippen LogP contribution in [-0.4, -0.2) is 65.0 Å². The molecule has 1 aliphatic heterocycles. The summed E-state index contributed by atoms with van der Waals surface area (Å²) in [7, 11) is 3.71. The fourth-order valence-electron chi connectivity index (χ4n) is 1.92. The van der Waals surface area contributed by atoms with Crippen molar-refractivity contribution in [3.8, 4) is 0 Å². The van der Waals surface area contributed by atoms with E-state index in [4.69, 9.17) is 0 Å². The van der Waals surface area contributed by atoms with Crippen LogP contribution in [0.4, 0.5) is 0 Å². The fraction of sp³-hybridized carbons (Fsp3) is 0.545. The lowest BCUT2D eigenvalue weighted by Crippen LogP contribution is -2.47. The minimum Gasteiger partial charge on any atom is -0.335 e. The fourth-order valence-corrected chi connectivity index (χ4v) is 1.92. The van der Waals surface area contributed by atoms with Gasteiger partial charge in [-0.2, -0.15) is 5.10 Å². The topological polar surface area (TPSA) is 58.4 Å². The Kier molecular flexibility index (Phi) is 3.23. The number of hydrogen-bond donors (Lipinski definition) is 0. The predicted molar refractivity (Wildman–Crippen MR) is 62.0 cm³/mol. The smallest absolute Gasteiger partial charge is 0.272 e. The first-order valence-electron chi connectivity index (χ1n) is 5.59. The molecule has 2 heterocycles. The first kappa shape index (κ1) is 11.8. The highest BCUT2D eigenvalue weighted by molar-refractivity contribution is 5.94. The molecule has 0 aliphatic carbocycles. The minimum absolute atomic E-state index is 0.0544. The van der Waals surface area contributed by atoms with Gasteiger partial charge in [0.2, 0.25) is 0 Å². The van der Waals surface area contributed by atoms with Crippen LogP contribution >= 0.6 is 0 Å². The molecule has 1 aromatic rings. The van der Waals surface area contributed by atoms with Crippen molar-refractivity contribution in [1.29, 1.82) is 0 Å². The van der Waals surface area contributed by atoms with Crippen LogP contribution in [0.25, 0.3) is 0 Å². The number of carbonyl (C=O) groups excluding carboxylic acids is 2. The van der Waals surface area contributed by atoms with Crippen LogP contribution in [0.1, 0.15) is 21.0 Å². The summed E-state index contributed by atoms with van der Waals surface area (Å²) in [5.74, 6) is -0.0544. The quantitative estimate of drug-likeness (QED) is 0.657. The SMILES string of the molecule is CN1CCN(C(=O)c2cc(C=O)nn2C)CC1. The van der Waals surface area contributed by atoms with Crippen LogP contribution in [0.5, 0.6) is 0 Å². The third-order valence-corrected chi connectivity index (χ3v) is 3.03. The van der Waals surface area contributed by atoms with Crippen LogP contribution in [0.2, 0.25) is 0 Å². The lowest BCUT2D eigenvalue weighted by molar-refractivity contribution is 0.0653. The van der Waals surface area contributed by atoms with Gasteiger partial charge in [-0.25, -0.2) is 0 Å². The summed E-state index contributed by atoms with van der Waals surface area (Å²) in [6.45, 7) is 3.20. The number of carbonyl (C=O) groups is 2. The molecule has 0 N–H and O–H groups in total. The van der Waals surface area contributed by atoms with Crippen molar-refractivity contribution < 1.29 is 9.59 Å². The molecule has 0 radical (unpaired) electrons. The molecule has 0 bridgehead atoms. The maximum absolute atomic E-state index is 12.2. The van der Waals surface area contributed by atoms with Crippen molar-refractivity contribution in [2.45, 2.75) is 0 Å². The predicted octanol–water partition coefficient (Wildman–Crippen LogP) is -0.380. The van der Waals surface area contributed by atoms with Gasteiger partial charge in [0, 0.05) is 33.2 Å². The maximum Gasteiger partial charge on any atom is 0.272 e. The summed E-state index contributed by atoms with van der Waals surface area (Å²) in [6, 6.07) is 1.54. The second kappa shape index (κ2) is 4.67. The minimum atomic E-state index is -0.0544. The summed E-state index contributed by atoms with van der Waals surface area (Å²) in [6.07, 6.45) is 0.654. The van der Waals surface area contributed by atoms with Crippen LogP contribution in [0.3, 0.4) is 0 Å². The maximum atomic E-state index is 12.2. The van der Waals surface area contributed by atoms with Gasteiger partial charge in [0.15, 0.2) is 6.29 Å². The van der Waals surface area contributed by atoms with E-state index in [1.807, 2.05) is 7.05 Å². The van der Waals surface area contributed by atoms with Crippen LogP contribution in [0, 0.1) is 0 Å². The van der Waals surface area contributed by atoms with Gasteiger partial charge in [-0.15, -0.1) is 0 Å². The monoisotopic (exact) mass is 236 g/mol. The summed E-state index contributed by atoms with van der Waals surface area (Å²) in [5, 5.41) is 3.95. The van der Waals surface area contributed by atoms with Gasteiger partial charge >= 0.3 is 0 Å². The zero-order chi connectivity index (χ0) is 12.4. The Labute approximate surface area is 99.8 Å². The number of nitrogens with zero attached hydrogens (tertiary/aromatic N) is 4. The van der Waals surface area contributed by atoms with Gasteiger partial charge in [0.05, 0.1) is 0 Å². The average molecular weight is 236 g/mol. The molecule has 0 unspecified atom stereocenters. The summed E-state index contributed by atoms with van der Waals surface area (Å²) in [4.78, 5) is 26.8. The molecule has 0 saturated carbocycles. The second-order valence-electron chi connectivity index (χ2n) is 4.29. The van der Waals surface area contributed by atoms with E-state index in [9.17, 15) is 9.59 Å². The molecule has 1 fully saturated rings. The van der Waals surface area contributed by atoms with Crippen molar-refractivity contribution in [3.63, 3.8) is 0 Å². The second-order valence-corrected chi connectivity index (χ2v) is 4.29. The Bertz CT molecular complexity index is 433. The standard InChI is InChI=1S/C11H16N4O2/c1-13-3-5-15(6-4-13)11(17)10-7-9(8-16)12-14(10)2/h7-8H,3-6H2,1-2H3. The summed E-state index contributed by atoms with van der Waals surface area (Å²) in [5.41, 5.74) is 0.765. The third-order valence-electron chi connectivity index (χ3n) is 3.03. The number of aryl methyl sites for hydroxylation is 1. The Balaban J connectivity index is 2.13. The molecule has 1 aliphatic rings. The van der Waals surface area contributed by atoms with Gasteiger partial charge in [0.1, 0.15) is 11.4 Å². The van der Waals surface area contributed by atoms with Crippen molar-refractivity contribution >= 4 is 12.2 Å². The lowest BCUT2D eigenvalue weighted by atomic mass is 10.2. The summed E-state index contributed by atoms with van der Waals surface area (Å²) >= 11 is 0. The molecule has 1 aromatic heterocycles. The highest BCUT2D eigenvalue weighted by Crippen LogP contribution is 2.08. The Morgan fingerprint density at radius 2 is 1.94 bits per heavy atom. The van der Waals surface area contributed by atoms with E-state index in [-0.39, 0.29) is 5.91 Å². The Morgan fingerprint density at radius 3 is 2.47 bits per heavy atom. The number of rotatable bonds is 2. The van der Waals surface area contributed by atoms with E-state index < -0.39 is 0 Å². The van der Waals surface area contributed by atoms with E-state index in [0.29, 0.717) is 17.7 Å². The van der Waals surface area contributed by atoms with Gasteiger partial charge in [-0.1, -0.05) is 0 Å². The normalized spacial score (nSPS) is 17.2. The van der Waals surface area contributed by atoms with Gasteiger partial charge < -0.3 is 9.80 Å². The van der Waals surface area contributed by atoms with E-state index in [0.717, 1.165) is 26.2 Å². The molecule has 92 valence electrons. The Hall–Kier alpha value is -1.69. The van der Waals surface area contributed by atoms with E-state index in [2.05, 4.69) is 10.00 Å². The zero-order valence-electron chi connectivity index (χ0n) is 10.1. The molecule has 1 saturated heterocycles. The molecule has 0 aromatic carbocycles. The number of likely N-dealkylation sites (N-methyl/N-ethyl adjacent to an activating group) is 1. The summed E-state index contributed by atoms with van der Waals surface area (Å²) < 4.78 is 1.46. The Morgan fingerprint density at radius 1 is 1.29 bits per heavy atom.